The molecule has 3 heterocycles. The number of hydrogen-bond acceptors (Lipinski definition) is 7. The number of rotatable bonds is 2. The van der Waals surface area contributed by atoms with Gasteiger partial charge >= 0.3 is 0 Å². The van der Waals surface area contributed by atoms with Crippen LogP contribution in [-0.4, -0.2) is 33.8 Å². The van der Waals surface area contributed by atoms with E-state index in [2.05, 4.69) is 44.0 Å². The van der Waals surface area contributed by atoms with Crippen molar-refractivity contribution in [3.63, 3.8) is 0 Å². The molecule has 0 unspecified atom stereocenters. The number of nitrogens with zero attached hydrogens (tertiary/aromatic N) is 5. The molecule has 0 aliphatic carbocycles. The summed E-state index contributed by atoms with van der Waals surface area (Å²) in [7, 11) is 0. The fraction of sp³-hybridized carbons (Fsp3) is 0.400. The van der Waals surface area contributed by atoms with E-state index < -0.39 is 0 Å². The van der Waals surface area contributed by atoms with E-state index in [0.29, 0.717) is 22.8 Å². The smallest absolute Gasteiger partial charge is 0.261 e. The third-order valence-electron chi connectivity index (χ3n) is 5.35. The average Bonchev–Trinajstić information content (AvgIpc) is 3.07. The molecule has 0 amide bonds. The lowest BCUT2D eigenvalue weighted by Gasteiger charge is -2.38. The molecule has 0 radical (unpaired) electrons. The number of pyridine rings is 1. The highest BCUT2D eigenvalue weighted by Gasteiger charge is 2.30. The number of piperidine rings is 1. The molecule has 0 bridgehead atoms. The van der Waals surface area contributed by atoms with Gasteiger partial charge in [0.25, 0.3) is 5.89 Å². The highest BCUT2D eigenvalue weighted by molar-refractivity contribution is 9.10. The molecule has 0 saturated carbocycles. The van der Waals surface area contributed by atoms with Gasteiger partial charge in [-0.25, -0.2) is 4.98 Å². The van der Waals surface area contributed by atoms with Crippen LogP contribution in [0.25, 0.3) is 22.4 Å². The highest BCUT2D eigenvalue weighted by atomic mass is 79.9. The van der Waals surface area contributed by atoms with Gasteiger partial charge in [0.1, 0.15) is 11.9 Å². The van der Waals surface area contributed by atoms with Gasteiger partial charge in [-0.2, -0.15) is 10.2 Å². The summed E-state index contributed by atoms with van der Waals surface area (Å²) in [5, 5.41) is 14.5. The summed E-state index contributed by atoms with van der Waals surface area (Å²) < 4.78 is 6.36. The first kappa shape index (κ1) is 18.8. The zero-order valence-electron chi connectivity index (χ0n) is 16.0. The zero-order chi connectivity index (χ0) is 20.0. The van der Waals surface area contributed by atoms with Crippen LogP contribution in [0.15, 0.2) is 21.1 Å². The first-order chi connectivity index (χ1) is 13.4. The van der Waals surface area contributed by atoms with Crippen molar-refractivity contribution in [1.82, 2.24) is 15.1 Å². The average molecular weight is 441 g/mol. The number of nitriles is 1. The van der Waals surface area contributed by atoms with Gasteiger partial charge < -0.3 is 15.2 Å². The van der Waals surface area contributed by atoms with E-state index in [0.717, 1.165) is 46.2 Å². The van der Waals surface area contributed by atoms with Gasteiger partial charge in [0.15, 0.2) is 5.82 Å². The number of hydrogen-bond donors (Lipinski definition) is 1. The van der Waals surface area contributed by atoms with Gasteiger partial charge in [-0.1, -0.05) is 21.1 Å². The number of halogens is 1. The lowest BCUT2D eigenvalue weighted by molar-refractivity contribution is 0.420. The number of anilines is 1. The Balaban J connectivity index is 2.03. The Morgan fingerprint density at radius 3 is 2.75 bits per heavy atom. The second-order valence-electron chi connectivity index (χ2n) is 7.37. The van der Waals surface area contributed by atoms with Crippen molar-refractivity contribution < 1.29 is 4.52 Å². The fourth-order valence-corrected chi connectivity index (χ4v) is 4.40. The van der Waals surface area contributed by atoms with Crippen LogP contribution in [-0.2, 0) is 0 Å². The standard InChI is InChI=1S/C20H21BrN6O/c1-10-6-15(23)4-5-27(10)19-17(20-24-12(3)26-28-20)11(2)16-8-14(21)7-13(9-22)18(16)25-19/h7-8,10,15H,4-6,23H2,1-3H3/t10-,15-/m1/s1. The summed E-state index contributed by atoms with van der Waals surface area (Å²) >= 11 is 3.50. The van der Waals surface area contributed by atoms with E-state index in [-0.39, 0.29) is 12.1 Å². The van der Waals surface area contributed by atoms with Gasteiger partial charge in [0.05, 0.1) is 16.6 Å². The fourth-order valence-electron chi connectivity index (χ4n) is 3.94. The van der Waals surface area contributed by atoms with Gasteiger partial charge in [-0.15, -0.1) is 0 Å². The first-order valence-electron chi connectivity index (χ1n) is 9.26. The predicted octanol–water partition coefficient (Wildman–Crippen LogP) is 3.85. The molecule has 1 saturated heterocycles. The summed E-state index contributed by atoms with van der Waals surface area (Å²) in [5.41, 5.74) is 9.15. The Morgan fingerprint density at radius 2 is 2.11 bits per heavy atom. The lowest BCUT2D eigenvalue weighted by Crippen LogP contribution is -2.46. The van der Waals surface area contributed by atoms with Crippen molar-refractivity contribution in [2.75, 3.05) is 11.4 Å². The highest BCUT2D eigenvalue weighted by Crippen LogP contribution is 2.39. The minimum absolute atomic E-state index is 0.188. The summed E-state index contributed by atoms with van der Waals surface area (Å²) in [6, 6.07) is 6.45. The van der Waals surface area contributed by atoms with Crippen molar-refractivity contribution >= 4 is 32.7 Å². The minimum Gasteiger partial charge on any atom is -0.353 e. The molecule has 8 heteroatoms. The van der Waals surface area contributed by atoms with E-state index in [9.17, 15) is 5.26 Å². The zero-order valence-corrected chi connectivity index (χ0v) is 17.6. The number of aromatic nitrogens is 3. The van der Waals surface area contributed by atoms with Gasteiger partial charge in [-0.3, -0.25) is 0 Å². The van der Waals surface area contributed by atoms with Gasteiger partial charge in [-0.05, 0) is 51.3 Å². The van der Waals surface area contributed by atoms with E-state index in [4.69, 9.17) is 15.2 Å². The summed E-state index contributed by atoms with van der Waals surface area (Å²) in [5.74, 6) is 1.79. The number of nitrogens with two attached hydrogens (primary N) is 1. The number of fused-ring (bicyclic) bond motifs is 1. The van der Waals surface area contributed by atoms with Crippen molar-refractivity contribution in [3.05, 3.63) is 33.6 Å². The largest absolute Gasteiger partial charge is 0.353 e. The van der Waals surface area contributed by atoms with E-state index in [1.54, 1.807) is 13.0 Å². The molecule has 1 aromatic carbocycles. The van der Waals surface area contributed by atoms with Crippen molar-refractivity contribution in [2.45, 2.75) is 45.7 Å². The third-order valence-corrected chi connectivity index (χ3v) is 5.80. The molecule has 0 spiro atoms. The molecule has 7 nitrogen and oxygen atoms in total. The Hall–Kier alpha value is -2.50. The molecular weight excluding hydrogens is 420 g/mol. The lowest BCUT2D eigenvalue weighted by atomic mass is 9.96. The van der Waals surface area contributed by atoms with Gasteiger partial charge in [0.2, 0.25) is 0 Å². The summed E-state index contributed by atoms with van der Waals surface area (Å²) in [6.45, 7) is 6.74. The maximum Gasteiger partial charge on any atom is 0.261 e. The second kappa shape index (κ2) is 7.15. The second-order valence-corrected chi connectivity index (χ2v) is 8.29. The van der Waals surface area contributed by atoms with Crippen molar-refractivity contribution in [2.24, 2.45) is 5.73 Å². The van der Waals surface area contributed by atoms with Crippen molar-refractivity contribution in [3.8, 4) is 17.5 Å². The maximum atomic E-state index is 9.65. The number of aryl methyl sites for hydroxylation is 2. The monoisotopic (exact) mass is 440 g/mol. The van der Waals surface area contributed by atoms with E-state index >= 15 is 0 Å². The van der Waals surface area contributed by atoms with Crippen molar-refractivity contribution in [1.29, 1.82) is 5.26 Å². The normalized spacial score (nSPS) is 19.8. The summed E-state index contributed by atoms with van der Waals surface area (Å²) in [6.07, 6.45) is 1.77. The molecule has 144 valence electrons. The third kappa shape index (κ3) is 3.15. The van der Waals surface area contributed by atoms with Crippen LogP contribution < -0.4 is 10.6 Å². The molecule has 2 atom stereocenters. The van der Waals surface area contributed by atoms with Crippen LogP contribution in [0.2, 0.25) is 0 Å². The molecule has 4 rings (SSSR count). The Kier molecular flexibility index (Phi) is 4.81. The Bertz CT molecular complexity index is 1100. The molecular formula is C20H21BrN6O. The van der Waals surface area contributed by atoms with Crippen LogP contribution in [0.5, 0.6) is 0 Å². The Labute approximate surface area is 171 Å². The molecule has 1 aliphatic heterocycles. The van der Waals surface area contributed by atoms with Gasteiger partial charge in [0, 0.05) is 28.5 Å². The first-order valence-corrected chi connectivity index (χ1v) is 10.0. The van der Waals surface area contributed by atoms with Crippen LogP contribution in [0.3, 0.4) is 0 Å². The van der Waals surface area contributed by atoms with E-state index in [1.165, 1.54) is 0 Å². The minimum atomic E-state index is 0.188. The van der Waals surface area contributed by atoms with Crippen LogP contribution in [0, 0.1) is 25.2 Å². The molecule has 28 heavy (non-hydrogen) atoms. The topological polar surface area (TPSA) is 105 Å². The van der Waals surface area contributed by atoms with Crippen LogP contribution in [0.4, 0.5) is 5.82 Å². The maximum absolute atomic E-state index is 9.65. The van der Waals surface area contributed by atoms with Crippen LogP contribution >= 0.6 is 15.9 Å². The van der Waals surface area contributed by atoms with Crippen LogP contribution in [0.1, 0.15) is 36.7 Å². The molecule has 2 aromatic heterocycles. The number of benzene rings is 1. The SMILES string of the molecule is Cc1noc(-c2c(N3CC[C@@H](N)C[C@H]3C)nc3c(C#N)cc(Br)cc3c2C)n1. The predicted molar refractivity (Wildman–Crippen MR) is 111 cm³/mol. The molecule has 1 fully saturated rings. The Morgan fingerprint density at radius 1 is 1.32 bits per heavy atom. The summed E-state index contributed by atoms with van der Waals surface area (Å²) in [4.78, 5) is 11.7. The quantitative estimate of drug-likeness (QED) is 0.644. The molecule has 3 aromatic rings. The molecule has 2 N–H and O–H groups in total. The molecule has 1 aliphatic rings. The van der Waals surface area contributed by atoms with E-state index in [1.807, 2.05) is 13.0 Å².